The minimum atomic E-state index is 0.0579. The standard InChI is InChI=1S/C20H25NO3/c1-3-4-8-18-20(16-7-5-6-9-17(16)24-18)15(2)14-19(22)21-10-12-23-13-11-21/h5-7,9,14H,3-4,8,10-13H2,1-2H3/b15-14+. The summed E-state index contributed by atoms with van der Waals surface area (Å²) in [6, 6.07) is 8.06. The Labute approximate surface area is 143 Å². The fourth-order valence-electron chi connectivity index (χ4n) is 3.17. The Morgan fingerprint density at radius 3 is 2.75 bits per heavy atom. The second-order valence-corrected chi connectivity index (χ2v) is 6.26. The number of carbonyl (C=O) groups excluding carboxylic acids is 1. The van der Waals surface area contributed by atoms with Crippen LogP contribution in [0.15, 0.2) is 34.8 Å². The van der Waals surface area contributed by atoms with E-state index < -0.39 is 0 Å². The van der Waals surface area contributed by atoms with E-state index in [-0.39, 0.29) is 5.91 Å². The van der Waals surface area contributed by atoms with Crippen LogP contribution in [0.5, 0.6) is 0 Å². The lowest BCUT2D eigenvalue weighted by Gasteiger charge is -2.25. The number of nitrogens with zero attached hydrogens (tertiary/aromatic N) is 1. The maximum Gasteiger partial charge on any atom is 0.247 e. The third kappa shape index (κ3) is 3.54. The first kappa shape index (κ1) is 16.8. The lowest BCUT2D eigenvalue weighted by atomic mass is 10.00. The number of hydrogen-bond acceptors (Lipinski definition) is 3. The Morgan fingerprint density at radius 2 is 2.00 bits per heavy atom. The molecule has 0 aliphatic carbocycles. The number of amides is 1. The predicted molar refractivity (Wildman–Crippen MR) is 95.9 cm³/mol. The van der Waals surface area contributed by atoms with Gasteiger partial charge in [0, 0.05) is 36.5 Å². The normalized spacial score (nSPS) is 15.9. The van der Waals surface area contributed by atoms with Gasteiger partial charge in [-0.1, -0.05) is 31.5 Å². The molecule has 4 heteroatoms. The van der Waals surface area contributed by atoms with Crippen LogP contribution in [0.3, 0.4) is 0 Å². The van der Waals surface area contributed by atoms with Crippen molar-refractivity contribution in [2.24, 2.45) is 0 Å². The van der Waals surface area contributed by atoms with E-state index in [1.54, 1.807) is 6.08 Å². The quantitative estimate of drug-likeness (QED) is 0.779. The summed E-state index contributed by atoms with van der Waals surface area (Å²) < 4.78 is 11.4. The van der Waals surface area contributed by atoms with Crippen molar-refractivity contribution in [3.05, 3.63) is 41.7 Å². The second kappa shape index (κ2) is 7.67. The Hall–Kier alpha value is -2.07. The zero-order valence-corrected chi connectivity index (χ0v) is 14.5. The number of carbonyl (C=O) groups is 1. The first-order chi connectivity index (χ1) is 11.7. The van der Waals surface area contributed by atoms with Gasteiger partial charge >= 0.3 is 0 Å². The van der Waals surface area contributed by atoms with E-state index in [9.17, 15) is 4.79 Å². The summed E-state index contributed by atoms with van der Waals surface area (Å²) >= 11 is 0. The number of rotatable bonds is 5. The van der Waals surface area contributed by atoms with Crippen LogP contribution in [0.25, 0.3) is 16.5 Å². The van der Waals surface area contributed by atoms with Crippen molar-refractivity contribution in [2.45, 2.75) is 33.1 Å². The molecule has 2 heterocycles. The lowest BCUT2D eigenvalue weighted by Crippen LogP contribution is -2.39. The molecule has 1 aliphatic heterocycles. The molecule has 0 unspecified atom stereocenters. The van der Waals surface area contributed by atoms with Crippen LogP contribution in [0, 0.1) is 0 Å². The highest BCUT2D eigenvalue weighted by Crippen LogP contribution is 2.32. The van der Waals surface area contributed by atoms with Gasteiger partial charge in [0.2, 0.25) is 5.91 Å². The van der Waals surface area contributed by atoms with Crippen molar-refractivity contribution in [3.8, 4) is 0 Å². The number of para-hydroxylation sites is 1. The maximum absolute atomic E-state index is 12.5. The Bertz CT molecular complexity index is 738. The molecule has 0 N–H and O–H groups in total. The minimum Gasteiger partial charge on any atom is -0.460 e. The first-order valence-corrected chi connectivity index (χ1v) is 8.76. The number of allylic oxidation sites excluding steroid dienone is 1. The Balaban J connectivity index is 1.93. The monoisotopic (exact) mass is 327 g/mol. The van der Waals surface area contributed by atoms with Gasteiger partial charge in [0.25, 0.3) is 0 Å². The number of furan rings is 1. The summed E-state index contributed by atoms with van der Waals surface area (Å²) in [4.78, 5) is 14.4. The third-order valence-corrected chi connectivity index (χ3v) is 4.48. The van der Waals surface area contributed by atoms with E-state index >= 15 is 0 Å². The average molecular weight is 327 g/mol. The van der Waals surface area contributed by atoms with Crippen LogP contribution in [0.1, 0.15) is 38.0 Å². The predicted octanol–water partition coefficient (Wildman–Crippen LogP) is 4.04. The molecular weight excluding hydrogens is 302 g/mol. The molecule has 1 amide bonds. The van der Waals surface area contributed by atoms with Crippen LogP contribution in [0.4, 0.5) is 0 Å². The van der Waals surface area contributed by atoms with Crippen LogP contribution < -0.4 is 0 Å². The van der Waals surface area contributed by atoms with Gasteiger partial charge in [0.05, 0.1) is 13.2 Å². The highest BCUT2D eigenvalue weighted by atomic mass is 16.5. The summed E-state index contributed by atoms with van der Waals surface area (Å²) in [5.41, 5.74) is 2.95. The molecule has 0 saturated carbocycles. The van der Waals surface area contributed by atoms with Gasteiger partial charge in [0.1, 0.15) is 11.3 Å². The number of hydrogen-bond donors (Lipinski definition) is 0. The van der Waals surface area contributed by atoms with Crippen molar-refractivity contribution >= 4 is 22.4 Å². The van der Waals surface area contributed by atoms with Gasteiger partial charge in [-0.05, 0) is 25.0 Å². The van der Waals surface area contributed by atoms with Gasteiger partial charge in [0.15, 0.2) is 0 Å². The van der Waals surface area contributed by atoms with Gasteiger partial charge in [-0.2, -0.15) is 0 Å². The van der Waals surface area contributed by atoms with E-state index in [0.717, 1.165) is 47.1 Å². The van der Waals surface area contributed by atoms with Gasteiger partial charge in [-0.25, -0.2) is 0 Å². The Morgan fingerprint density at radius 1 is 1.25 bits per heavy atom. The smallest absolute Gasteiger partial charge is 0.247 e. The van der Waals surface area contributed by atoms with Crippen molar-refractivity contribution in [3.63, 3.8) is 0 Å². The number of morpholine rings is 1. The molecule has 0 radical (unpaired) electrons. The number of fused-ring (bicyclic) bond motifs is 1. The first-order valence-electron chi connectivity index (χ1n) is 8.76. The van der Waals surface area contributed by atoms with Crippen LogP contribution in [-0.2, 0) is 16.0 Å². The molecule has 1 aromatic carbocycles. The average Bonchev–Trinajstić information content (AvgIpc) is 2.99. The summed E-state index contributed by atoms with van der Waals surface area (Å²) in [7, 11) is 0. The third-order valence-electron chi connectivity index (χ3n) is 4.48. The molecule has 2 aromatic rings. The molecule has 4 nitrogen and oxygen atoms in total. The van der Waals surface area contributed by atoms with E-state index in [1.807, 2.05) is 30.0 Å². The van der Waals surface area contributed by atoms with Crippen molar-refractivity contribution < 1.29 is 13.9 Å². The van der Waals surface area contributed by atoms with Gasteiger partial charge in [-0.3, -0.25) is 4.79 Å². The fourth-order valence-corrected chi connectivity index (χ4v) is 3.17. The van der Waals surface area contributed by atoms with Gasteiger partial charge in [-0.15, -0.1) is 0 Å². The highest BCUT2D eigenvalue weighted by Gasteiger charge is 2.18. The molecule has 1 aliphatic rings. The number of ether oxygens (including phenoxy) is 1. The highest BCUT2D eigenvalue weighted by molar-refractivity contribution is 6.00. The van der Waals surface area contributed by atoms with Crippen molar-refractivity contribution in [1.29, 1.82) is 0 Å². The van der Waals surface area contributed by atoms with Crippen LogP contribution >= 0.6 is 0 Å². The second-order valence-electron chi connectivity index (χ2n) is 6.26. The summed E-state index contributed by atoms with van der Waals surface area (Å²) in [5, 5.41) is 1.09. The topological polar surface area (TPSA) is 42.7 Å². The SMILES string of the molecule is CCCCc1oc2ccccc2c1/C(C)=C/C(=O)N1CCOCC1. The minimum absolute atomic E-state index is 0.0579. The molecule has 1 saturated heterocycles. The van der Waals surface area contributed by atoms with E-state index in [1.165, 1.54) is 0 Å². The summed E-state index contributed by atoms with van der Waals surface area (Å²) in [6.45, 7) is 6.75. The molecule has 1 fully saturated rings. The van der Waals surface area contributed by atoms with Crippen LogP contribution in [-0.4, -0.2) is 37.1 Å². The van der Waals surface area contributed by atoms with Crippen LogP contribution in [0.2, 0.25) is 0 Å². The molecule has 3 rings (SSSR count). The zero-order valence-electron chi connectivity index (χ0n) is 14.5. The molecular formula is C20H25NO3. The van der Waals surface area contributed by atoms with Crippen molar-refractivity contribution in [2.75, 3.05) is 26.3 Å². The molecule has 128 valence electrons. The molecule has 0 spiro atoms. The maximum atomic E-state index is 12.5. The summed E-state index contributed by atoms with van der Waals surface area (Å²) in [5.74, 6) is 1.05. The molecule has 1 aromatic heterocycles. The van der Waals surface area contributed by atoms with Crippen molar-refractivity contribution in [1.82, 2.24) is 4.90 Å². The largest absolute Gasteiger partial charge is 0.460 e. The summed E-state index contributed by atoms with van der Waals surface area (Å²) in [6.07, 6.45) is 4.85. The van der Waals surface area contributed by atoms with E-state index in [0.29, 0.717) is 26.3 Å². The molecule has 0 bridgehead atoms. The lowest BCUT2D eigenvalue weighted by molar-refractivity contribution is -0.129. The number of aryl methyl sites for hydroxylation is 1. The number of unbranched alkanes of at least 4 members (excludes halogenated alkanes) is 1. The van der Waals surface area contributed by atoms with E-state index in [2.05, 4.69) is 13.0 Å². The van der Waals surface area contributed by atoms with E-state index in [4.69, 9.17) is 9.15 Å². The van der Waals surface area contributed by atoms with Gasteiger partial charge < -0.3 is 14.1 Å². The molecule has 0 atom stereocenters. The molecule has 24 heavy (non-hydrogen) atoms. The fraction of sp³-hybridized carbons (Fsp3) is 0.450. The zero-order chi connectivity index (χ0) is 16.9. The number of benzene rings is 1. The Kier molecular flexibility index (Phi) is 5.36.